The van der Waals surface area contributed by atoms with Crippen LogP contribution in [0, 0.1) is 5.92 Å². The lowest BCUT2D eigenvalue weighted by Crippen LogP contribution is -2.91. The maximum Gasteiger partial charge on any atom is 0.209 e. The number of benzene rings is 8. The molecule has 9 aromatic rings. The summed E-state index contributed by atoms with van der Waals surface area (Å²) in [5.41, 5.74) is 9.21. The van der Waals surface area contributed by atoms with Crippen molar-refractivity contribution in [2.24, 2.45) is 10.9 Å². The summed E-state index contributed by atoms with van der Waals surface area (Å²) < 4.78 is 6.85. The zero-order valence-electron chi connectivity index (χ0n) is 31.1. The van der Waals surface area contributed by atoms with E-state index in [0.29, 0.717) is 0 Å². The van der Waals surface area contributed by atoms with Crippen molar-refractivity contribution in [3.8, 4) is 11.1 Å². The predicted molar refractivity (Wildman–Crippen MR) is 230 cm³/mol. The number of furan rings is 1. The molecule has 0 spiro atoms. The van der Waals surface area contributed by atoms with E-state index in [4.69, 9.17) is 9.41 Å². The van der Waals surface area contributed by atoms with Gasteiger partial charge in [-0.2, -0.15) is 0 Å². The van der Waals surface area contributed by atoms with Crippen molar-refractivity contribution in [3.63, 3.8) is 0 Å². The van der Waals surface area contributed by atoms with E-state index < -0.39 is 0 Å². The summed E-state index contributed by atoms with van der Waals surface area (Å²) in [6, 6.07) is 63.5. The molecule has 4 nitrogen and oxygen atoms in total. The number of quaternary nitrogens is 1. The molecule has 0 radical (unpaired) electrons. The van der Waals surface area contributed by atoms with E-state index in [1.807, 2.05) is 0 Å². The van der Waals surface area contributed by atoms with E-state index >= 15 is 0 Å². The van der Waals surface area contributed by atoms with Crippen LogP contribution in [-0.2, 0) is 0 Å². The lowest BCUT2D eigenvalue weighted by Gasteiger charge is -2.35. The topological polar surface area (TPSA) is 54.1 Å². The van der Waals surface area contributed by atoms with Gasteiger partial charge in [0.25, 0.3) is 0 Å². The molecule has 11 rings (SSSR count). The fourth-order valence-electron chi connectivity index (χ4n) is 9.06. The Balaban J connectivity index is 1.02. The summed E-state index contributed by atoms with van der Waals surface area (Å²) in [6.45, 7) is 2.33. The van der Waals surface area contributed by atoms with Crippen LogP contribution in [0.25, 0.3) is 60.0 Å². The van der Waals surface area contributed by atoms with Gasteiger partial charge in [-0.15, -0.1) is 0 Å². The van der Waals surface area contributed by atoms with Gasteiger partial charge in [0.15, 0.2) is 6.17 Å². The van der Waals surface area contributed by atoms with Crippen molar-refractivity contribution in [3.05, 3.63) is 210 Å². The molecule has 4 heteroatoms. The van der Waals surface area contributed by atoms with Gasteiger partial charge < -0.3 is 9.73 Å². The zero-order chi connectivity index (χ0) is 37.2. The van der Waals surface area contributed by atoms with Crippen molar-refractivity contribution >= 4 is 54.7 Å². The summed E-state index contributed by atoms with van der Waals surface area (Å²) in [5.74, 6) is 2.02. The third-order valence-electron chi connectivity index (χ3n) is 11.9. The van der Waals surface area contributed by atoms with Gasteiger partial charge in [-0.05, 0) is 79.2 Å². The van der Waals surface area contributed by atoms with Crippen LogP contribution < -0.4 is 10.6 Å². The smallest absolute Gasteiger partial charge is 0.209 e. The minimum atomic E-state index is -0.130. The Bertz CT molecular complexity index is 3030. The van der Waals surface area contributed by atoms with Crippen molar-refractivity contribution in [2.45, 2.75) is 25.2 Å². The number of aliphatic imine (C=N–C) groups is 1. The highest BCUT2D eigenvalue weighted by atomic mass is 16.3. The molecule has 0 saturated carbocycles. The molecular weight excluding hydrogens is 683 g/mol. The number of allylic oxidation sites excluding steroid dienone is 1. The van der Waals surface area contributed by atoms with Crippen LogP contribution in [0.5, 0.6) is 0 Å². The standard InChI is InChI=1S/C52H39N3O/c1-32-28-45(37-23-18-36(19-24-37)41-25-20-33-10-2-5-13-38(33)29-41)49-48(44-16-8-9-17-46(44)56-49)47(32)52-54-50(42-26-21-34-11-3-6-14-39(34)30-42)53-51(55-52)43-27-22-35-12-4-7-15-40(35)31-43/h2-32,47,50-51,53H,1H3,(H,54,55)/p+1. The summed E-state index contributed by atoms with van der Waals surface area (Å²) in [5, 5.41) is 14.9. The van der Waals surface area contributed by atoms with E-state index in [-0.39, 0.29) is 24.2 Å². The fourth-order valence-corrected chi connectivity index (χ4v) is 9.06. The second kappa shape index (κ2) is 13.2. The molecule has 56 heavy (non-hydrogen) atoms. The molecule has 0 bridgehead atoms. The normalized spacial score (nSPS) is 19.4. The maximum absolute atomic E-state index is 6.85. The molecular formula is C52H40N3O+. The lowest BCUT2D eigenvalue weighted by atomic mass is 9.76. The van der Waals surface area contributed by atoms with Crippen molar-refractivity contribution in [1.29, 1.82) is 0 Å². The Kier molecular flexibility index (Phi) is 7.71. The molecule has 1 aliphatic carbocycles. The Hall–Kier alpha value is -6.75. The number of amidine groups is 1. The van der Waals surface area contributed by atoms with Crippen LogP contribution in [0.3, 0.4) is 0 Å². The van der Waals surface area contributed by atoms with Crippen molar-refractivity contribution in [1.82, 2.24) is 5.32 Å². The second-order valence-corrected chi connectivity index (χ2v) is 15.4. The highest BCUT2D eigenvalue weighted by molar-refractivity contribution is 6.01. The molecule has 1 aromatic heterocycles. The van der Waals surface area contributed by atoms with Gasteiger partial charge in [0.1, 0.15) is 17.2 Å². The van der Waals surface area contributed by atoms with E-state index in [9.17, 15) is 0 Å². The Morgan fingerprint density at radius 1 is 0.536 bits per heavy atom. The third-order valence-corrected chi connectivity index (χ3v) is 11.9. The number of nitrogens with two attached hydrogens (primary N) is 1. The van der Waals surface area contributed by atoms with E-state index in [1.165, 1.54) is 60.1 Å². The maximum atomic E-state index is 6.85. The fraction of sp³-hybridized carbons (Fsp3) is 0.0962. The molecule has 3 N–H and O–H groups in total. The molecule has 4 atom stereocenters. The van der Waals surface area contributed by atoms with Crippen LogP contribution in [0.1, 0.15) is 53.2 Å². The van der Waals surface area contributed by atoms with Gasteiger partial charge >= 0.3 is 0 Å². The van der Waals surface area contributed by atoms with Crippen molar-refractivity contribution in [2.75, 3.05) is 0 Å². The molecule has 0 amide bonds. The van der Waals surface area contributed by atoms with E-state index in [2.05, 4.69) is 200 Å². The summed E-state index contributed by atoms with van der Waals surface area (Å²) in [6.07, 6.45) is 2.23. The van der Waals surface area contributed by atoms with Gasteiger partial charge in [-0.1, -0.05) is 165 Å². The number of hydrogen-bond donors (Lipinski definition) is 2. The van der Waals surface area contributed by atoms with Crippen LogP contribution in [-0.4, -0.2) is 5.84 Å². The third kappa shape index (κ3) is 5.61. The van der Waals surface area contributed by atoms with Gasteiger partial charge in [0, 0.05) is 27.6 Å². The van der Waals surface area contributed by atoms with Crippen LogP contribution in [0.4, 0.5) is 0 Å². The second-order valence-electron chi connectivity index (χ2n) is 15.4. The first-order valence-corrected chi connectivity index (χ1v) is 19.6. The van der Waals surface area contributed by atoms with Crippen LogP contribution >= 0.6 is 0 Å². The highest BCUT2D eigenvalue weighted by Crippen LogP contribution is 2.47. The molecule has 8 aromatic carbocycles. The minimum Gasteiger partial charge on any atom is -0.456 e. The van der Waals surface area contributed by atoms with Gasteiger partial charge in [-0.3, -0.25) is 5.32 Å². The van der Waals surface area contributed by atoms with Gasteiger partial charge in [0.2, 0.25) is 6.17 Å². The zero-order valence-corrected chi connectivity index (χ0v) is 31.1. The first-order valence-electron chi connectivity index (χ1n) is 19.6. The van der Waals surface area contributed by atoms with E-state index in [1.54, 1.807) is 0 Å². The van der Waals surface area contributed by atoms with Crippen molar-refractivity contribution < 1.29 is 9.73 Å². The summed E-state index contributed by atoms with van der Waals surface area (Å²) in [7, 11) is 0. The average Bonchev–Trinajstić information content (AvgIpc) is 3.65. The number of fused-ring (bicyclic) bond motifs is 6. The molecule has 0 saturated heterocycles. The molecule has 1 aliphatic heterocycles. The molecule has 4 unspecified atom stereocenters. The Morgan fingerprint density at radius 2 is 1.09 bits per heavy atom. The van der Waals surface area contributed by atoms with Gasteiger partial charge in [0.05, 0.1) is 5.92 Å². The Labute approximate surface area is 325 Å². The van der Waals surface area contributed by atoms with E-state index in [0.717, 1.165) is 33.7 Å². The summed E-state index contributed by atoms with van der Waals surface area (Å²) >= 11 is 0. The predicted octanol–water partition coefficient (Wildman–Crippen LogP) is 11.7. The largest absolute Gasteiger partial charge is 0.456 e. The van der Waals surface area contributed by atoms with Gasteiger partial charge in [-0.25, -0.2) is 4.99 Å². The molecule has 0 fully saturated rings. The monoisotopic (exact) mass is 722 g/mol. The van der Waals surface area contributed by atoms with Crippen LogP contribution in [0.2, 0.25) is 0 Å². The highest BCUT2D eigenvalue weighted by Gasteiger charge is 2.40. The number of para-hydroxylation sites is 1. The summed E-state index contributed by atoms with van der Waals surface area (Å²) in [4.78, 5) is 5.60. The number of nitrogens with one attached hydrogen (secondary N) is 1. The molecule has 2 heterocycles. The SMILES string of the molecule is CC1C=C(c2ccc(-c3ccc4ccccc4c3)cc2)c2oc3ccccc3c2C1C1=NC(c2ccc3ccccc3c2)[NH2+]C(c2ccc3ccccc3c2)N1. The minimum absolute atomic E-state index is 0.0334. The van der Waals surface area contributed by atoms with Crippen LogP contribution in [0.15, 0.2) is 191 Å². The first kappa shape index (κ1) is 32.7. The number of nitrogens with zero attached hydrogens (tertiary/aromatic N) is 1. The molecule has 2 aliphatic rings. The quantitative estimate of drug-likeness (QED) is 0.186. The number of hydrogen-bond acceptors (Lipinski definition) is 3. The number of rotatable bonds is 5. The first-order chi connectivity index (χ1) is 27.6. The lowest BCUT2D eigenvalue weighted by molar-refractivity contribution is -0.739. The Morgan fingerprint density at radius 3 is 1.80 bits per heavy atom. The molecule has 268 valence electrons. The average molecular weight is 723 g/mol.